The fourth-order valence-electron chi connectivity index (χ4n) is 0.737. The molecular formula is C7H13NO3. The molecule has 0 aromatic heterocycles. The number of hydrogen-bond acceptors (Lipinski definition) is 2. The molecule has 0 saturated heterocycles. The van der Waals surface area contributed by atoms with E-state index in [9.17, 15) is 9.59 Å². The third-order valence-corrected chi connectivity index (χ3v) is 1.38. The normalized spacial score (nSPS) is 13.4. The SMILES string of the molecule is [2H]C(=O)N[C@@H](CCCC)C(=O)O. The number of unbranched alkanes of at least 4 members (excludes halogenated alkanes) is 1. The van der Waals surface area contributed by atoms with Crippen LogP contribution in [0.3, 0.4) is 0 Å². The van der Waals surface area contributed by atoms with E-state index in [1.807, 2.05) is 12.2 Å². The molecule has 64 valence electrons. The van der Waals surface area contributed by atoms with E-state index in [4.69, 9.17) is 6.48 Å². The summed E-state index contributed by atoms with van der Waals surface area (Å²) in [5, 5.41) is 10.6. The lowest BCUT2D eigenvalue weighted by Crippen LogP contribution is -2.35. The number of carbonyl (C=O) groups is 2. The molecule has 0 rings (SSSR count). The van der Waals surface area contributed by atoms with Crippen molar-refractivity contribution in [3.8, 4) is 0 Å². The Kier molecular flexibility index (Phi) is 4.17. The quantitative estimate of drug-likeness (QED) is 0.571. The highest BCUT2D eigenvalue weighted by atomic mass is 16.4. The first-order chi connectivity index (χ1) is 5.57. The van der Waals surface area contributed by atoms with Gasteiger partial charge in [-0.3, -0.25) is 4.79 Å². The van der Waals surface area contributed by atoms with Gasteiger partial charge in [0, 0.05) is 0 Å². The summed E-state index contributed by atoms with van der Waals surface area (Å²) < 4.78 is 6.52. The van der Waals surface area contributed by atoms with Crippen molar-refractivity contribution >= 4 is 12.4 Å². The van der Waals surface area contributed by atoms with E-state index in [0.717, 1.165) is 12.8 Å². The van der Waals surface area contributed by atoms with E-state index in [0.29, 0.717) is 6.42 Å². The second-order valence-electron chi connectivity index (χ2n) is 2.28. The molecule has 0 fully saturated rings. The van der Waals surface area contributed by atoms with Gasteiger partial charge in [0.1, 0.15) is 7.41 Å². The van der Waals surface area contributed by atoms with Crippen LogP contribution >= 0.6 is 0 Å². The number of carbonyl (C=O) groups excluding carboxylic acids is 1. The molecule has 0 spiro atoms. The molecule has 2 N–H and O–H groups in total. The fraction of sp³-hybridized carbons (Fsp3) is 0.714. The summed E-state index contributed by atoms with van der Waals surface area (Å²) in [6, 6.07) is -0.907. The van der Waals surface area contributed by atoms with Gasteiger partial charge in [-0.25, -0.2) is 4.79 Å². The van der Waals surface area contributed by atoms with Crippen LogP contribution in [-0.4, -0.2) is 23.5 Å². The van der Waals surface area contributed by atoms with Crippen LogP contribution in [0.2, 0.25) is 0 Å². The summed E-state index contributed by atoms with van der Waals surface area (Å²) in [5.41, 5.74) is 0. The Morgan fingerprint density at radius 1 is 1.91 bits per heavy atom. The van der Waals surface area contributed by atoms with Gasteiger partial charge in [0.05, 0.1) is 0 Å². The third kappa shape index (κ3) is 4.36. The highest BCUT2D eigenvalue weighted by Gasteiger charge is 2.14. The molecule has 1 amide bonds. The minimum atomic E-state index is -1.08. The topological polar surface area (TPSA) is 66.4 Å². The molecule has 0 heterocycles. The van der Waals surface area contributed by atoms with Crippen LogP contribution < -0.4 is 5.32 Å². The standard InChI is InChI=1S/C7H13NO3/c1-2-3-4-6(7(10)11)8-5-9/h5-6H,2-4H2,1H3,(H,8,9)(H,10,11)/t6-/m0/s1/i5D. The van der Waals surface area contributed by atoms with Gasteiger partial charge in [-0.15, -0.1) is 0 Å². The molecule has 0 aromatic carbocycles. The lowest BCUT2D eigenvalue weighted by molar-refractivity contribution is -0.140. The van der Waals surface area contributed by atoms with Crippen molar-refractivity contribution in [3.05, 3.63) is 0 Å². The van der Waals surface area contributed by atoms with E-state index in [1.165, 1.54) is 0 Å². The van der Waals surface area contributed by atoms with Gasteiger partial charge in [0.15, 0.2) is 0 Å². The zero-order chi connectivity index (χ0) is 9.56. The molecular weight excluding hydrogens is 146 g/mol. The van der Waals surface area contributed by atoms with Crippen LogP contribution in [0.1, 0.15) is 27.6 Å². The first-order valence-corrected chi connectivity index (χ1v) is 3.57. The maximum Gasteiger partial charge on any atom is 0.326 e. The van der Waals surface area contributed by atoms with Gasteiger partial charge >= 0.3 is 5.97 Å². The molecule has 11 heavy (non-hydrogen) atoms. The predicted octanol–water partition coefficient (Wildman–Crippen LogP) is 0.376. The molecule has 0 bridgehead atoms. The lowest BCUT2D eigenvalue weighted by Gasteiger charge is -2.08. The van der Waals surface area contributed by atoms with Crippen molar-refractivity contribution in [2.45, 2.75) is 32.2 Å². The molecule has 0 unspecified atom stereocenters. The lowest BCUT2D eigenvalue weighted by atomic mass is 10.1. The summed E-state index contributed by atoms with van der Waals surface area (Å²) in [5.74, 6) is -1.08. The number of aliphatic carboxylic acids is 1. The largest absolute Gasteiger partial charge is 0.480 e. The third-order valence-electron chi connectivity index (χ3n) is 1.38. The maximum absolute atomic E-state index is 10.4. The van der Waals surface area contributed by atoms with Crippen molar-refractivity contribution in [3.63, 3.8) is 0 Å². The highest BCUT2D eigenvalue weighted by Crippen LogP contribution is 1.99. The molecule has 0 saturated carbocycles. The van der Waals surface area contributed by atoms with Crippen molar-refractivity contribution in [2.24, 2.45) is 0 Å². The monoisotopic (exact) mass is 160 g/mol. The minimum absolute atomic E-state index is 0.385. The Morgan fingerprint density at radius 3 is 2.91 bits per heavy atom. The zero-order valence-corrected chi connectivity index (χ0v) is 6.46. The van der Waals surface area contributed by atoms with Gasteiger partial charge in [-0.1, -0.05) is 19.8 Å². The van der Waals surface area contributed by atoms with Gasteiger partial charge < -0.3 is 10.4 Å². The Bertz CT molecular complexity index is 172. The first kappa shape index (κ1) is 8.04. The summed E-state index contributed by atoms with van der Waals surface area (Å²) in [6.45, 7) is 1.93. The van der Waals surface area contributed by atoms with Gasteiger partial charge in [-0.2, -0.15) is 0 Å². The highest BCUT2D eigenvalue weighted by molar-refractivity contribution is 5.76. The van der Waals surface area contributed by atoms with E-state index in [1.54, 1.807) is 0 Å². The average molecular weight is 160 g/mol. The number of rotatable bonds is 5. The first-order valence-electron chi connectivity index (χ1n) is 4.07. The van der Waals surface area contributed by atoms with Crippen molar-refractivity contribution < 1.29 is 16.1 Å². The van der Waals surface area contributed by atoms with Crippen LogP contribution in [-0.2, 0) is 9.59 Å². The summed E-state index contributed by atoms with van der Waals surface area (Å²) in [6.07, 6.45) is 0.948. The van der Waals surface area contributed by atoms with Crippen LogP contribution in [0, 0.1) is 0 Å². The number of amides is 1. The summed E-state index contributed by atoms with van der Waals surface area (Å²) in [4.78, 5) is 20.7. The molecule has 0 aliphatic heterocycles. The van der Waals surface area contributed by atoms with E-state index >= 15 is 0 Å². The second-order valence-corrected chi connectivity index (χ2v) is 2.28. The number of nitrogens with one attached hydrogen (secondary N) is 1. The molecule has 0 aliphatic rings. The minimum Gasteiger partial charge on any atom is -0.480 e. The van der Waals surface area contributed by atoms with Crippen LogP contribution in [0.25, 0.3) is 0 Å². The molecule has 4 nitrogen and oxygen atoms in total. The predicted molar refractivity (Wildman–Crippen MR) is 40.1 cm³/mol. The average Bonchev–Trinajstić information content (AvgIpc) is 1.96. The van der Waals surface area contributed by atoms with Gasteiger partial charge in [0.25, 0.3) is 0 Å². The van der Waals surface area contributed by atoms with Crippen LogP contribution in [0.15, 0.2) is 0 Å². The van der Waals surface area contributed by atoms with Crippen LogP contribution in [0.4, 0.5) is 0 Å². The molecule has 0 aliphatic carbocycles. The van der Waals surface area contributed by atoms with E-state index < -0.39 is 18.4 Å². The van der Waals surface area contributed by atoms with E-state index in [-0.39, 0.29) is 0 Å². The molecule has 4 heteroatoms. The number of carboxylic acid groups (broad SMARTS) is 1. The summed E-state index contributed by atoms with van der Waals surface area (Å²) in [7, 11) is 0. The zero-order valence-electron chi connectivity index (χ0n) is 7.46. The van der Waals surface area contributed by atoms with Gasteiger partial charge in [-0.05, 0) is 6.42 Å². The Hall–Kier alpha value is -1.06. The second kappa shape index (κ2) is 5.70. The van der Waals surface area contributed by atoms with Crippen molar-refractivity contribution in [2.75, 3.05) is 0 Å². The van der Waals surface area contributed by atoms with Gasteiger partial charge in [0.2, 0.25) is 6.39 Å². The molecule has 0 radical (unpaired) electrons. The Morgan fingerprint density at radius 2 is 2.55 bits per heavy atom. The van der Waals surface area contributed by atoms with Crippen LogP contribution in [0.5, 0.6) is 0 Å². The summed E-state index contributed by atoms with van der Waals surface area (Å²) >= 11 is 0. The Balaban J connectivity index is 3.87. The number of hydrogen-bond donors (Lipinski definition) is 2. The molecule has 1 atom stereocenters. The van der Waals surface area contributed by atoms with Crippen molar-refractivity contribution in [1.82, 2.24) is 5.32 Å². The molecule has 0 aromatic rings. The smallest absolute Gasteiger partial charge is 0.326 e. The Labute approximate surface area is 67.0 Å². The fourth-order valence-corrected chi connectivity index (χ4v) is 0.737. The van der Waals surface area contributed by atoms with E-state index in [2.05, 4.69) is 0 Å². The number of carboxylic acids is 1. The maximum atomic E-state index is 10.4. The van der Waals surface area contributed by atoms with Crippen molar-refractivity contribution in [1.29, 1.82) is 0 Å².